The van der Waals surface area contributed by atoms with Crippen molar-refractivity contribution in [2.45, 2.75) is 25.7 Å². The van der Waals surface area contributed by atoms with E-state index in [1.54, 1.807) is 18.2 Å². The van der Waals surface area contributed by atoms with Crippen molar-refractivity contribution in [2.24, 2.45) is 17.6 Å². The van der Waals surface area contributed by atoms with Crippen molar-refractivity contribution in [3.05, 3.63) is 28.2 Å². The molecule has 1 saturated carbocycles. The van der Waals surface area contributed by atoms with E-state index in [0.717, 1.165) is 25.7 Å². The van der Waals surface area contributed by atoms with Gasteiger partial charge in [0.25, 0.3) is 0 Å². The van der Waals surface area contributed by atoms with Crippen LogP contribution in [0, 0.1) is 11.8 Å². The average molecular weight is 367 g/mol. The van der Waals surface area contributed by atoms with Crippen molar-refractivity contribution in [1.29, 1.82) is 0 Å². The van der Waals surface area contributed by atoms with Crippen molar-refractivity contribution < 1.29 is 9.59 Å². The molecule has 0 aromatic heterocycles. The van der Waals surface area contributed by atoms with Crippen LogP contribution in [0.3, 0.4) is 0 Å². The van der Waals surface area contributed by atoms with Crippen LogP contribution in [0.4, 0.5) is 5.69 Å². The number of halogens is 1. The number of imide groups is 1. The van der Waals surface area contributed by atoms with Crippen LogP contribution in [-0.4, -0.2) is 16.8 Å². The van der Waals surface area contributed by atoms with Crippen molar-refractivity contribution in [3.8, 4) is 0 Å². The van der Waals surface area contributed by atoms with Crippen LogP contribution in [0.2, 0.25) is 0 Å². The number of anilines is 1. The fraction of sp³-hybridized carbons (Fsp3) is 0.400. The van der Waals surface area contributed by atoms with E-state index in [4.69, 9.17) is 18.0 Å². The predicted octanol–water partition coefficient (Wildman–Crippen LogP) is 2.76. The molecule has 2 N–H and O–H groups in total. The molecule has 1 aliphatic carbocycles. The molecule has 1 aliphatic heterocycles. The highest BCUT2D eigenvalue weighted by atomic mass is 79.9. The Balaban J connectivity index is 1.98. The molecule has 2 atom stereocenters. The third kappa shape index (κ3) is 2.40. The number of amides is 2. The summed E-state index contributed by atoms with van der Waals surface area (Å²) in [7, 11) is 0. The minimum Gasteiger partial charge on any atom is -0.389 e. The SMILES string of the molecule is NC(=S)c1ccc(N2C(=O)C3CCCCC3C2=O)c(Br)c1. The molecule has 3 rings (SSSR count). The third-order valence-electron chi connectivity index (χ3n) is 4.31. The number of hydrogen-bond acceptors (Lipinski definition) is 3. The number of hydrogen-bond donors (Lipinski definition) is 1. The second-order valence-corrected chi connectivity index (χ2v) is 6.83. The molecule has 0 radical (unpaired) electrons. The summed E-state index contributed by atoms with van der Waals surface area (Å²) in [4.78, 5) is 26.7. The molecule has 2 aliphatic rings. The second kappa shape index (κ2) is 5.50. The molecule has 1 aromatic carbocycles. The Kier molecular flexibility index (Phi) is 3.84. The molecule has 2 unspecified atom stereocenters. The highest BCUT2D eigenvalue weighted by Crippen LogP contribution is 2.41. The van der Waals surface area contributed by atoms with Crippen LogP contribution < -0.4 is 10.6 Å². The smallest absolute Gasteiger partial charge is 0.237 e. The van der Waals surface area contributed by atoms with Crippen molar-refractivity contribution in [2.75, 3.05) is 4.90 Å². The molecule has 110 valence electrons. The topological polar surface area (TPSA) is 63.4 Å². The molecule has 2 fully saturated rings. The summed E-state index contributed by atoms with van der Waals surface area (Å²) in [5, 5.41) is 0. The van der Waals surface area contributed by atoms with Gasteiger partial charge in [0.1, 0.15) is 4.99 Å². The first-order valence-corrected chi connectivity index (χ1v) is 8.18. The van der Waals surface area contributed by atoms with Gasteiger partial charge in [0.2, 0.25) is 11.8 Å². The normalized spacial score (nSPS) is 25.1. The van der Waals surface area contributed by atoms with E-state index >= 15 is 0 Å². The second-order valence-electron chi connectivity index (χ2n) is 5.54. The number of benzene rings is 1. The monoisotopic (exact) mass is 366 g/mol. The molecule has 0 bridgehead atoms. The van der Waals surface area contributed by atoms with Crippen LogP contribution in [-0.2, 0) is 9.59 Å². The maximum absolute atomic E-state index is 12.6. The van der Waals surface area contributed by atoms with Crippen LogP contribution >= 0.6 is 28.1 Å². The molecule has 1 heterocycles. The lowest BCUT2D eigenvalue weighted by atomic mass is 9.81. The number of fused-ring (bicyclic) bond motifs is 1. The number of nitrogens with zero attached hydrogens (tertiary/aromatic N) is 1. The molecule has 1 saturated heterocycles. The van der Waals surface area contributed by atoms with E-state index in [-0.39, 0.29) is 28.6 Å². The molecular weight excluding hydrogens is 352 g/mol. The number of nitrogens with two attached hydrogens (primary N) is 1. The number of thiocarbonyl (C=S) groups is 1. The predicted molar refractivity (Wildman–Crippen MR) is 88.0 cm³/mol. The zero-order chi connectivity index (χ0) is 15.1. The Labute approximate surface area is 136 Å². The van der Waals surface area contributed by atoms with Gasteiger partial charge in [0.05, 0.1) is 17.5 Å². The summed E-state index contributed by atoms with van der Waals surface area (Å²) in [5.41, 5.74) is 6.89. The van der Waals surface area contributed by atoms with E-state index in [2.05, 4.69) is 15.9 Å². The average Bonchev–Trinajstić information content (AvgIpc) is 2.72. The first-order chi connectivity index (χ1) is 10.0. The van der Waals surface area contributed by atoms with Gasteiger partial charge in [-0.25, -0.2) is 4.90 Å². The van der Waals surface area contributed by atoms with E-state index in [1.807, 2.05) is 0 Å². The maximum atomic E-state index is 12.6. The zero-order valence-corrected chi connectivity index (χ0v) is 13.7. The van der Waals surface area contributed by atoms with Crippen molar-refractivity contribution in [3.63, 3.8) is 0 Å². The molecule has 4 nitrogen and oxygen atoms in total. The van der Waals surface area contributed by atoms with Gasteiger partial charge in [-0.15, -0.1) is 0 Å². The quantitative estimate of drug-likeness (QED) is 0.645. The van der Waals surface area contributed by atoms with Crippen molar-refractivity contribution in [1.82, 2.24) is 0 Å². The minimum absolute atomic E-state index is 0.0755. The van der Waals surface area contributed by atoms with Crippen LogP contribution in [0.5, 0.6) is 0 Å². The lowest BCUT2D eigenvalue weighted by Crippen LogP contribution is -2.31. The van der Waals surface area contributed by atoms with Gasteiger partial charge >= 0.3 is 0 Å². The van der Waals surface area contributed by atoms with E-state index < -0.39 is 0 Å². The Morgan fingerprint density at radius 2 is 1.76 bits per heavy atom. The summed E-state index contributed by atoms with van der Waals surface area (Å²) in [6.07, 6.45) is 3.67. The minimum atomic E-state index is -0.145. The largest absolute Gasteiger partial charge is 0.389 e. The number of carbonyl (C=O) groups excluding carboxylic acids is 2. The van der Waals surface area contributed by atoms with Gasteiger partial charge in [-0.2, -0.15) is 0 Å². The van der Waals surface area contributed by atoms with Gasteiger partial charge in [0.15, 0.2) is 0 Å². The maximum Gasteiger partial charge on any atom is 0.237 e. The fourth-order valence-corrected chi connectivity index (χ4v) is 3.92. The number of carbonyl (C=O) groups is 2. The Morgan fingerprint density at radius 1 is 1.19 bits per heavy atom. The van der Waals surface area contributed by atoms with Crippen LogP contribution in [0.1, 0.15) is 31.2 Å². The highest BCUT2D eigenvalue weighted by Gasteiger charge is 2.49. The molecule has 0 spiro atoms. The molecule has 6 heteroatoms. The van der Waals surface area contributed by atoms with Gasteiger partial charge in [-0.05, 0) is 47.0 Å². The van der Waals surface area contributed by atoms with Gasteiger partial charge < -0.3 is 5.73 Å². The summed E-state index contributed by atoms with van der Waals surface area (Å²) in [5.74, 6) is -0.441. The molecule has 1 aromatic rings. The van der Waals surface area contributed by atoms with Crippen molar-refractivity contribution >= 4 is 50.6 Å². The summed E-state index contributed by atoms with van der Waals surface area (Å²) in [6, 6.07) is 5.22. The summed E-state index contributed by atoms with van der Waals surface area (Å²) >= 11 is 8.36. The van der Waals surface area contributed by atoms with Crippen LogP contribution in [0.25, 0.3) is 0 Å². The van der Waals surface area contributed by atoms with Gasteiger partial charge in [-0.3, -0.25) is 9.59 Å². The van der Waals surface area contributed by atoms with Crippen LogP contribution in [0.15, 0.2) is 22.7 Å². The molecule has 2 amide bonds. The molecular formula is C15H15BrN2O2S. The first kappa shape index (κ1) is 14.7. The molecule has 21 heavy (non-hydrogen) atoms. The van der Waals surface area contributed by atoms with E-state index in [1.165, 1.54) is 4.90 Å². The third-order valence-corrected chi connectivity index (χ3v) is 5.19. The lowest BCUT2D eigenvalue weighted by molar-refractivity contribution is -0.122. The Bertz CT molecular complexity index is 623. The lowest BCUT2D eigenvalue weighted by Gasteiger charge is -2.19. The van der Waals surface area contributed by atoms with Gasteiger partial charge in [0, 0.05) is 10.0 Å². The zero-order valence-electron chi connectivity index (χ0n) is 11.3. The Hall–Kier alpha value is -1.27. The first-order valence-electron chi connectivity index (χ1n) is 6.98. The van der Waals surface area contributed by atoms with Gasteiger partial charge in [-0.1, -0.05) is 25.1 Å². The number of rotatable bonds is 2. The van der Waals surface area contributed by atoms with E-state index in [9.17, 15) is 9.59 Å². The standard InChI is InChI=1S/C15H15BrN2O2S/c16-11-7-8(13(17)21)5-6-12(11)18-14(19)9-3-1-2-4-10(9)15(18)20/h5-7,9-10H,1-4H2,(H2,17,21). The highest BCUT2D eigenvalue weighted by molar-refractivity contribution is 9.10. The fourth-order valence-electron chi connectivity index (χ4n) is 3.24. The summed E-state index contributed by atoms with van der Waals surface area (Å²) < 4.78 is 0.660. The summed E-state index contributed by atoms with van der Waals surface area (Å²) in [6.45, 7) is 0. The van der Waals surface area contributed by atoms with E-state index in [0.29, 0.717) is 15.7 Å². The Morgan fingerprint density at radius 3 is 2.24 bits per heavy atom.